The smallest absolute Gasteiger partial charge is 0.344 e. The van der Waals surface area contributed by atoms with Gasteiger partial charge in [0, 0.05) is 29.3 Å². The first-order valence-corrected chi connectivity index (χ1v) is 11.5. The van der Waals surface area contributed by atoms with Gasteiger partial charge < -0.3 is 28.6 Å². The van der Waals surface area contributed by atoms with Crippen LogP contribution >= 0.6 is 0 Å². The number of nitrogens with zero attached hydrogens (tertiary/aromatic N) is 1. The van der Waals surface area contributed by atoms with Gasteiger partial charge in [-0.3, -0.25) is 4.79 Å². The van der Waals surface area contributed by atoms with Crippen molar-refractivity contribution in [1.82, 2.24) is 0 Å². The molecule has 8 nitrogen and oxygen atoms in total. The quantitative estimate of drug-likeness (QED) is 0.430. The van der Waals surface area contributed by atoms with Crippen molar-refractivity contribution < 1.29 is 33.3 Å². The summed E-state index contributed by atoms with van der Waals surface area (Å²) in [5, 5.41) is 0. The van der Waals surface area contributed by atoms with Crippen LogP contribution in [0.1, 0.15) is 28.4 Å². The first-order chi connectivity index (χ1) is 17.1. The maximum atomic E-state index is 13.1. The van der Waals surface area contributed by atoms with Gasteiger partial charge in [0.15, 0.2) is 18.1 Å². The molecule has 2 heterocycles. The Kier molecular flexibility index (Phi) is 6.43. The van der Waals surface area contributed by atoms with Crippen LogP contribution in [0, 0.1) is 0 Å². The van der Waals surface area contributed by atoms with Crippen molar-refractivity contribution in [2.75, 3.05) is 31.5 Å². The molecule has 2 aliphatic heterocycles. The molecule has 1 amide bonds. The third-order valence-electron chi connectivity index (χ3n) is 5.80. The molecule has 0 saturated heterocycles. The zero-order valence-corrected chi connectivity index (χ0v) is 19.3. The van der Waals surface area contributed by atoms with Gasteiger partial charge >= 0.3 is 5.97 Å². The van der Waals surface area contributed by atoms with Crippen LogP contribution in [-0.2, 0) is 22.5 Å². The molecule has 0 radical (unpaired) electrons. The van der Waals surface area contributed by atoms with Crippen molar-refractivity contribution in [2.24, 2.45) is 0 Å². The van der Waals surface area contributed by atoms with Gasteiger partial charge in [0.1, 0.15) is 11.5 Å². The molecular formula is C27H25NO7. The van der Waals surface area contributed by atoms with Crippen LogP contribution in [0.4, 0.5) is 5.69 Å². The molecule has 0 aromatic heterocycles. The Morgan fingerprint density at radius 2 is 1.86 bits per heavy atom. The summed E-state index contributed by atoms with van der Waals surface area (Å²) < 4.78 is 27.3. The van der Waals surface area contributed by atoms with E-state index in [4.69, 9.17) is 23.7 Å². The van der Waals surface area contributed by atoms with Crippen molar-refractivity contribution in [3.05, 3.63) is 77.4 Å². The summed E-state index contributed by atoms with van der Waals surface area (Å²) >= 11 is 0. The number of hydrogen-bond acceptors (Lipinski definition) is 7. The van der Waals surface area contributed by atoms with Gasteiger partial charge in [0.05, 0.1) is 19.8 Å². The minimum atomic E-state index is -0.400. The third kappa shape index (κ3) is 4.87. The zero-order valence-electron chi connectivity index (χ0n) is 19.3. The Labute approximate surface area is 202 Å². The second-order valence-electron chi connectivity index (χ2n) is 8.05. The standard InChI is InChI=1S/C27H25NO7/c1-2-31-26(29)16-33-20-6-3-5-18(13-20)11-12-32-23-8-4-7-21-22(23)15-28(27(21)30)19-9-10-24-25(14-19)35-17-34-24/h3-10,13-14H,2,11-12,15-17H2,1H3. The molecule has 0 spiro atoms. The van der Waals surface area contributed by atoms with Gasteiger partial charge in [0.2, 0.25) is 6.79 Å². The Balaban J connectivity index is 1.22. The molecular weight excluding hydrogens is 450 g/mol. The minimum Gasteiger partial charge on any atom is -0.493 e. The predicted molar refractivity (Wildman–Crippen MR) is 127 cm³/mol. The third-order valence-corrected chi connectivity index (χ3v) is 5.80. The van der Waals surface area contributed by atoms with Crippen LogP contribution < -0.4 is 23.8 Å². The molecule has 3 aromatic rings. The summed E-state index contributed by atoms with van der Waals surface area (Å²) in [6.07, 6.45) is 0.639. The second-order valence-corrected chi connectivity index (χ2v) is 8.05. The average Bonchev–Trinajstić information content (AvgIpc) is 3.48. The molecule has 3 aromatic carbocycles. The summed E-state index contributed by atoms with van der Waals surface area (Å²) in [7, 11) is 0. The second kappa shape index (κ2) is 9.97. The number of hydrogen-bond donors (Lipinski definition) is 0. The highest BCUT2D eigenvalue weighted by atomic mass is 16.7. The SMILES string of the molecule is CCOC(=O)COc1cccc(CCOc2cccc3c2CN(c2ccc4c(c2)OCO4)C3=O)c1. The number of carbonyl (C=O) groups is 2. The molecule has 0 N–H and O–H groups in total. The van der Waals surface area contributed by atoms with Crippen molar-refractivity contribution in [1.29, 1.82) is 0 Å². The van der Waals surface area contributed by atoms with E-state index in [0.717, 1.165) is 16.8 Å². The lowest BCUT2D eigenvalue weighted by Crippen LogP contribution is -2.22. The van der Waals surface area contributed by atoms with E-state index in [2.05, 4.69) is 0 Å². The van der Waals surface area contributed by atoms with E-state index in [9.17, 15) is 9.59 Å². The van der Waals surface area contributed by atoms with E-state index in [1.165, 1.54) is 0 Å². The Hall–Kier alpha value is -4.20. The van der Waals surface area contributed by atoms with Gasteiger partial charge in [0.25, 0.3) is 5.91 Å². The lowest BCUT2D eigenvalue weighted by atomic mass is 10.1. The number of esters is 1. The summed E-state index contributed by atoms with van der Waals surface area (Å²) in [6, 6.07) is 18.6. The Morgan fingerprint density at radius 3 is 2.74 bits per heavy atom. The average molecular weight is 475 g/mol. The maximum Gasteiger partial charge on any atom is 0.344 e. The molecule has 180 valence electrons. The van der Waals surface area contributed by atoms with Crippen LogP contribution in [0.25, 0.3) is 0 Å². The van der Waals surface area contributed by atoms with Gasteiger partial charge in [-0.15, -0.1) is 0 Å². The van der Waals surface area contributed by atoms with E-state index in [1.54, 1.807) is 17.9 Å². The lowest BCUT2D eigenvalue weighted by molar-refractivity contribution is -0.145. The van der Waals surface area contributed by atoms with Crippen molar-refractivity contribution >= 4 is 17.6 Å². The van der Waals surface area contributed by atoms with Crippen LogP contribution in [-0.4, -0.2) is 38.5 Å². The zero-order chi connectivity index (χ0) is 24.2. The molecule has 2 aliphatic rings. The normalized spacial score (nSPS) is 13.5. The number of amides is 1. The molecule has 0 saturated carbocycles. The molecule has 0 fully saturated rings. The number of carbonyl (C=O) groups excluding carboxylic acids is 2. The topological polar surface area (TPSA) is 83.5 Å². The summed E-state index contributed by atoms with van der Waals surface area (Å²) in [6.45, 7) is 2.98. The number of benzene rings is 3. The highest BCUT2D eigenvalue weighted by Crippen LogP contribution is 2.39. The fraction of sp³-hybridized carbons (Fsp3) is 0.259. The number of ether oxygens (including phenoxy) is 5. The molecule has 0 atom stereocenters. The predicted octanol–water partition coefficient (Wildman–Crippen LogP) is 4.14. The van der Waals surface area contributed by atoms with Crippen LogP contribution in [0.3, 0.4) is 0 Å². The van der Waals surface area contributed by atoms with Crippen LogP contribution in [0.15, 0.2) is 60.7 Å². The van der Waals surface area contributed by atoms with Gasteiger partial charge in [-0.05, 0) is 48.9 Å². The van der Waals surface area contributed by atoms with Crippen molar-refractivity contribution in [2.45, 2.75) is 19.9 Å². The Bertz CT molecular complexity index is 1260. The molecule has 8 heteroatoms. The largest absolute Gasteiger partial charge is 0.493 e. The molecule has 0 bridgehead atoms. The maximum absolute atomic E-state index is 13.1. The summed E-state index contributed by atoms with van der Waals surface area (Å²) in [5.41, 5.74) is 3.26. The van der Waals surface area contributed by atoms with Crippen LogP contribution in [0.2, 0.25) is 0 Å². The van der Waals surface area contributed by atoms with Crippen LogP contribution in [0.5, 0.6) is 23.0 Å². The summed E-state index contributed by atoms with van der Waals surface area (Å²) in [5.74, 6) is 2.13. The van der Waals surface area contributed by atoms with Gasteiger partial charge in [-0.1, -0.05) is 18.2 Å². The first kappa shape index (κ1) is 22.6. The Morgan fingerprint density at radius 1 is 1.00 bits per heavy atom. The van der Waals surface area contributed by atoms with E-state index in [-0.39, 0.29) is 19.3 Å². The fourth-order valence-corrected chi connectivity index (χ4v) is 4.12. The first-order valence-electron chi connectivity index (χ1n) is 11.5. The molecule has 5 rings (SSSR count). The monoisotopic (exact) mass is 475 g/mol. The number of anilines is 1. The molecule has 0 unspecified atom stereocenters. The van der Waals surface area contributed by atoms with E-state index in [0.29, 0.717) is 54.7 Å². The van der Waals surface area contributed by atoms with E-state index < -0.39 is 5.97 Å². The highest BCUT2D eigenvalue weighted by Gasteiger charge is 2.32. The van der Waals surface area contributed by atoms with E-state index in [1.807, 2.05) is 54.6 Å². The van der Waals surface area contributed by atoms with Crippen molar-refractivity contribution in [3.63, 3.8) is 0 Å². The number of fused-ring (bicyclic) bond motifs is 2. The van der Waals surface area contributed by atoms with Gasteiger partial charge in [-0.25, -0.2) is 4.79 Å². The number of rotatable bonds is 9. The van der Waals surface area contributed by atoms with Gasteiger partial charge in [-0.2, -0.15) is 0 Å². The summed E-state index contributed by atoms with van der Waals surface area (Å²) in [4.78, 5) is 26.3. The molecule has 35 heavy (non-hydrogen) atoms. The lowest BCUT2D eigenvalue weighted by Gasteiger charge is -2.16. The highest BCUT2D eigenvalue weighted by molar-refractivity contribution is 6.10. The van der Waals surface area contributed by atoms with E-state index >= 15 is 0 Å². The minimum absolute atomic E-state index is 0.0734. The van der Waals surface area contributed by atoms with Crippen molar-refractivity contribution in [3.8, 4) is 23.0 Å². The molecule has 0 aliphatic carbocycles. The fourth-order valence-electron chi connectivity index (χ4n) is 4.12.